The Morgan fingerprint density at radius 3 is 2.45 bits per heavy atom. The molecule has 0 radical (unpaired) electrons. The minimum Gasteiger partial charge on any atom is -0.493 e. The molecule has 0 unspecified atom stereocenters. The maximum atomic E-state index is 13.1. The molecule has 0 atom stereocenters. The predicted molar refractivity (Wildman–Crippen MR) is 115 cm³/mol. The Kier molecular flexibility index (Phi) is 6.59. The second-order valence-electron chi connectivity index (χ2n) is 6.94. The molecule has 8 heteroatoms. The fourth-order valence-electron chi connectivity index (χ4n) is 3.09. The molecule has 8 nitrogen and oxygen atoms in total. The summed E-state index contributed by atoms with van der Waals surface area (Å²) in [4.78, 5) is 38.9. The molecule has 3 rings (SSSR count). The van der Waals surface area contributed by atoms with Crippen molar-refractivity contribution < 1.29 is 28.6 Å². The molecular weight excluding hydrogens is 400 g/mol. The molecule has 1 aliphatic heterocycles. The highest BCUT2D eigenvalue weighted by molar-refractivity contribution is 6.39. The van der Waals surface area contributed by atoms with Crippen molar-refractivity contribution in [1.29, 1.82) is 0 Å². The first-order chi connectivity index (χ1) is 14.8. The normalized spacial score (nSPS) is 15.3. The van der Waals surface area contributed by atoms with E-state index in [1.54, 1.807) is 49.4 Å². The van der Waals surface area contributed by atoms with E-state index >= 15 is 0 Å². The van der Waals surface area contributed by atoms with E-state index in [-0.39, 0.29) is 17.4 Å². The third kappa shape index (κ3) is 4.69. The van der Waals surface area contributed by atoms with E-state index in [1.165, 1.54) is 13.2 Å². The third-order valence-electron chi connectivity index (χ3n) is 4.37. The Morgan fingerprint density at radius 2 is 1.77 bits per heavy atom. The number of carbonyl (C=O) groups is 3. The first kappa shape index (κ1) is 21.9. The summed E-state index contributed by atoms with van der Waals surface area (Å²) in [5, 5.41) is 2.21. The van der Waals surface area contributed by atoms with Crippen LogP contribution < -0.4 is 24.4 Å². The fourth-order valence-corrected chi connectivity index (χ4v) is 3.09. The summed E-state index contributed by atoms with van der Waals surface area (Å²) in [6.45, 7) is 5.94. The van der Waals surface area contributed by atoms with E-state index in [1.807, 2.05) is 13.8 Å². The molecule has 2 aromatic rings. The van der Waals surface area contributed by atoms with Gasteiger partial charge < -0.3 is 14.2 Å². The fraction of sp³-hybridized carbons (Fsp3) is 0.261. The van der Waals surface area contributed by atoms with Crippen LogP contribution in [0, 0.1) is 0 Å². The van der Waals surface area contributed by atoms with Gasteiger partial charge in [0.2, 0.25) is 0 Å². The molecular formula is C23H24N2O6. The van der Waals surface area contributed by atoms with Crippen LogP contribution >= 0.6 is 0 Å². The Bertz CT molecular complexity index is 1040. The van der Waals surface area contributed by atoms with E-state index in [0.29, 0.717) is 29.4 Å². The van der Waals surface area contributed by atoms with Gasteiger partial charge in [-0.2, -0.15) is 0 Å². The molecule has 31 heavy (non-hydrogen) atoms. The molecule has 162 valence electrons. The van der Waals surface area contributed by atoms with E-state index in [4.69, 9.17) is 14.2 Å². The van der Waals surface area contributed by atoms with E-state index in [2.05, 4.69) is 5.32 Å². The second kappa shape index (κ2) is 9.34. The van der Waals surface area contributed by atoms with Crippen LogP contribution in [0.3, 0.4) is 0 Å². The lowest BCUT2D eigenvalue weighted by Gasteiger charge is -2.27. The van der Waals surface area contributed by atoms with Crippen molar-refractivity contribution in [2.45, 2.75) is 26.9 Å². The van der Waals surface area contributed by atoms with Crippen molar-refractivity contribution in [2.24, 2.45) is 0 Å². The third-order valence-corrected chi connectivity index (χ3v) is 4.37. The van der Waals surface area contributed by atoms with Gasteiger partial charge in [-0.25, -0.2) is 9.69 Å². The average molecular weight is 424 g/mol. The molecule has 2 aromatic carbocycles. The number of para-hydroxylation sites is 2. The van der Waals surface area contributed by atoms with E-state index in [9.17, 15) is 14.4 Å². The van der Waals surface area contributed by atoms with Gasteiger partial charge >= 0.3 is 6.03 Å². The summed E-state index contributed by atoms with van der Waals surface area (Å²) in [6.07, 6.45) is 1.36. The summed E-state index contributed by atoms with van der Waals surface area (Å²) in [7, 11) is 1.50. The number of carbonyl (C=O) groups excluding carboxylic acids is 3. The molecule has 0 aromatic heterocycles. The van der Waals surface area contributed by atoms with Crippen molar-refractivity contribution in [3.8, 4) is 17.2 Å². The highest BCUT2D eigenvalue weighted by Gasteiger charge is 2.38. The smallest absolute Gasteiger partial charge is 0.336 e. The number of anilines is 1. The number of hydrogen-bond acceptors (Lipinski definition) is 6. The number of hydrogen-bond donors (Lipinski definition) is 1. The Labute approximate surface area is 180 Å². The van der Waals surface area contributed by atoms with Gasteiger partial charge in [0.05, 0.1) is 25.5 Å². The second-order valence-corrected chi connectivity index (χ2v) is 6.94. The molecule has 0 saturated carbocycles. The predicted octanol–water partition coefficient (Wildman–Crippen LogP) is 3.55. The number of barbiturate groups is 1. The molecule has 0 bridgehead atoms. The van der Waals surface area contributed by atoms with Gasteiger partial charge in [-0.15, -0.1) is 0 Å². The monoisotopic (exact) mass is 424 g/mol. The summed E-state index contributed by atoms with van der Waals surface area (Å²) < 4.78 is 16.6. The number of benzene rings is 2. The summed E-state index contributed by atoms with van der Waals surface area (Å²) in [6, 6.07) is 10.9. The maximum absolute atomic E-state index is 13.1. The van der Waals surface area contributed by atoms with Crippen LogP contribution in [0.5, 0.6) is 17.2 Å². The van der Waals surface area contributed by atoms with Gasteiger partial charge in [-0.05, 0) is 56.7 Å². The van der Waals surface area contributed by atoms with Gasteiger partial charge in [0.25, 0.3) is 11.8 Å². The molecule has 0 spiro atoms. The molecule has 4 amide bonds. The van der Waals surface area contributed by atoms with Crippen molar-refractivity contribution in [3.05, 3.63) is 53.6 Å². The van der Waals surface area contributed by atoms with E-state index in [0.717, 1.165) is 4.90 Å². The number of methoxy groups -OCH3 is 1. The van der Waals surface area contributed by atoms with Gasteiger partial charge in [-0.3, -0.25) is 14.9 Å². The zero-order valence-electron chi connectivity index (χ0n) is 17.8. The van der Waals surface area contributed by atoms with Gasteiger partial charge in [0.1, 0.15) is 11.3 Å². The first-order valence-corrected chi connectivity index (χ1v) is 9.83. The number of urea groups is 1. The molecule has 1 N–H and O–H groups in total. The first-order valence-electron chi connectivity index (χ1n) is 9.83. The highest BCUT2D eigenvalue weighted by Crippen LogP contribution is 2.33. The van der Waals surface area contributed by atoms with Crippen LogP contribution in [0.2, 0.25) is 0 Å². The summed E-state index contributed by atoms with van der Waals surface area (Å²) in [5.74, 6) is -0.161. The minimum absolute atomic E-state index is 0.0474. The number of imide groups is 2. The minimum atomic E-state index is -0.836. The molecule has 1 heterocycles. The van der Waals surface area contributed by atoms with Crippen LogP contribution in [-0.4, -0.2) is 37.7 Å². The largest absolute Gasteiger partial charge is 0.493 e. The highest BCUT2D eigenvalue weighted by atomic mass is 16.5. The van der Waals surface area contributed by atoms with Crippen LogP contribution in [0.15, 0.2) is 48.0 Å². The molecule has 1 aliphatic rings. The summed E-state index contributed by atoms with van der Waals surface area (Å²) >= 11 is 0. The average Bonchev–Trinajstić information content (AvgIpc) is 2.73. The van der Waals surface area contributed by atoms with Crippen LogP contribution in [0.25, 0.3) is 6.08 Å². The molecule has 0 aliphatic carbocycles. The Balaban J connectivity index is 2.00. The number of amides is 4. The number of ether oxygens (including phenoxy) is 3. The maximum Gasteiger partial charge on any atom is 0.336 e. The zero-order chi connectivity index (χ0) is 22.5. The Hall–Kier alpha value is -3.81. The van der Waals surface area contributed by atoms with Crippen molar-refractivity contribution in [1.82, 2.24) is 5.32 Å². The van der Waals surface area contributed by atoms with Crippen molar-refractivity contribution >= 4 is 29.6 Å². The topological polar surface area (TPSA) is 94.2 Å². The van der Waals surface area contributed by atoms with Crippen LogP contribution in [-0.2, 0) is 9.59 Å². The standard InChI is InChI=1S/C23H24N2O6/c1-5-30-18-9-7-6-8-17(18)25-22(27)16(21(26)24-23(25)28)12-15-10-11-19(31-14(2)3)20(13-15)29-4/h6-14H,5H2,1-4H3,(H,24,26,28)/b16-12+. The quantitative estimate of drug-likeness (QED) is 0.540. The molecule has 1 saturated heterocycles. The lowest BCUT2D eigenvalue weighted by atomic mass is 10.1. The number of rotatable bonds is 7. The van der Waals surface area contributed by atoms with Gasteiger partial charge in [0, 0.05) is 0 Å². The van der Waals surface area contributed by atoms with Crippen molar-refractivity contribution in [2.75, 3.05) is 18.6 Å². The molecule has 1 fully saturated rings. The number of nitrogens with zero attached hydrogens (tertiary/aromatic N) is 1. The van der Waals surface area contributed by atoms with Crippen LogP contribution in [0.1, 0.15) is 26.3 Å². The van der Waals surface area contributed by atoms with Crippen molar-refractivity contribution in [3.63, 3.8) is 0 Å². The SMILES string of the molecule is CCOc1ccccc1N1C(=O)NC(=O)/C(=C\c2ccc(OC(C)C)c(OC)c2)C1=O. The van der Waals surface area contributed by atoms with Gasteiger partial charge in [0.15, 0.2) is 11.5 Å². The van der Waals surface area contributed by atoms with Crippen LogP contribution in [0.4, 0.5) is 10.5 Å². The number of nitrogens with one attached hydrogen (secondary N) is 1. The Morgan fingerprint density at radius 1 is 1.03 bits per heavy atom. The lowest BCUT2D eigenvalue weighted by molar-refractivity contribution is -0.122. The van der Waals surface area contributed by atoms with Gasteiger partial charge in [-0.1, -0.05) is 18.2 Å². The van der Waals surface area contributed by atoms with E-state index < -0.39 is 17.8 Å². The summed E-state index contributed by atoms with van der Waals surface area (Å²) in [5.41, 5.74) is 0.604. The lowest BCUT2D eigenvalue weighted by Crippen LogP contribution is -2.54. The zero-order valence-corrected chi connectivity index (χ0v) is 17.8.